The first kappa shape index (κ1) is 21.0. The van der Waals surface area contributed by atoms with Gasteiger partial charge in [0.15, 0.2) is 6.04 Å². The van der Waals surface area contributed by atoms with Gasteiger partial charge in [0.05, 0.1) is 16.8 Å². The molecule has 1 unspecified atom stereocenters. The number of nitrogens with one attached hydrogen (secondary N) is 1. The van der Waals surface area contributed by atoms with Crippen LogP contribution in [0, 0.1) is 6.92 Å². The highest BCUT2D eigenvalue weighted by Gasteiger charge is 2.41. The number of fused-ring (bicyclic) bond motifs is 1. The Balaban J connectivity index is 1.86. The minimum absolute atomic E-state index is 0.129. The molecule has 0 aliphatic carbocycles. The number of carbonyl (C=O) groups excluding carboxylic acids is 4. The molecule has 3 rings (SSSR count). The first-order valence-electron chi connectivity index (χ1n) is 9.17. The summed E-state index contributed by atoms with van der Waals surface area (Å²) in [4.78, 5) is 55.3. The summed E-state index contributed by atoms with van der Waals surface area (Å²) in [6, 6.07) is 4.77. The molecule has 0 fully saturated rings. The summed E-state index contributed by atoms with van der Waals surface area (Å²) in [6.07, 6.45) is 0.663. The van der Waals surface area contributed by atoms with Gasteiger partial charge in [-0.3, -0.25) is 14.3 Å². The maximum Gasteiger partial charge on any atom is 0.408 e. The zero-order valence-corrected chi connectivity index (χ0v) is 17.3. The number of hydroxylamine groups is 2. The SMILES string of the molecule is Cc1nn(C)cc1C(NC(=O)OC(C)(C)C)C(=O)ON1C(=O)c2ccccc2C1=O. The number of aromatic nitrogens is 2. The lowest BCUT2D eigenvalue weighted by molar-refractivity contribution is -0.171. The molecule has 10 heteroatoms. The Hall–Kier alpha value is -3.69. The smallest absolute Gasteiger partial charge is 0.408 e. The lowest BCUT2D eigenvalue weighted by Crippen LogP contribution is -2.42. The van der Waals surface area contributed by atoms with Crippen LogP contribution in [-0.4, -0.2) is 44.3 Å². The van der Waals surface area contributed by atoms with Crippen molar-refractivity contribution in [3.8, 4) is 0 Å². The van der Waals surface area contributed by atoms with Crippen molar-refractivity contribution in [3.05, 3.63) is 52.8 Å². The van der Waals surface area contributed by atoms with Crippen LogP contribution in [0.4, 0.5) is 4.79 Å². The number of nitrogens with zero attached hydrogens (tertiary/aromatic N) is 3. The molecule has 0 radical (unpaired) electrons. The van der Waals surface area contributed by atoms with Crippen molar-refractivity contribution in [1.82, 2.24) is 20.2 Å². The Morgan fingerprint density at radius 2 is 1.67 bits per heavy atom. The standard InChI is InChI=1S/C20H22N4O6/c1-11-14(10-23(5)22-11)15(21-19(28)29-20(2,3)4)18(27)30-24-16(25)12-8-6-7-9-13(12)17(24)26/h6-10,15H,1-5H3,(H,21,28). The number of hydrogen-bond donors (Lipinski definition) is 1. The van der Waals surface area contributed by atoms with Gasteiger partial charge in [-0.25, -0.2) is 9.59 Å². The van der Waals surface area contributed by atoms with Crippen molar-refractivity contribution >= 4 is 23.9 Å². The fourth-order valence-electron chi connectivity index (χ4n) is 2.98. The molecule has 1 aromatic carbocycles. The number of alkyl carbamates (subject to hydrolysis) is 1. The van der Waals surface area contributed by atoms with Gasteiger partial charge in [-0.2, -0.15) is 5.10 Å². The van der Waals surface area contributed by atoms with Gasteiger partial charge in [-0.1, -0.05) is 17.2 Å². The largest absolute Gasteiger partial charge is 0.444 e. The van der Waals surface area contributed by atoms with Crippen molar-refractivity contribution < 1.29 is 28.8 Å². The lowest BCUT2D eigenvalue weighted by atomic mass is 10.1. The molecule has 158 valence electrons. The van der Waals surface area contributed by atoms with Crippen molar-refractivity contribution in [3.63, 3.8) is 0 Å². The first-order chi connectivity index (χ1) is 14.0. The fraction of sp³-hybridized carbons (Fsp3) is 0.350. The van der Waals surface area contributed by atoms with Crippen LogP contribution >= 0.6 is 0 Å². The monoisotopic (exact) mass is 414 g/mol. The normalized spacial score (nSPS) is 14.4. The third kappa shape index (κ3) is 4.17. The molecule has 1 aliphatic heterocycles. The van der Waals surface area contributed by atoms with E-state index in [2.05, 4.69) is 10.4 Å². The molecule has 0 bridgehead atoms. The topological polar surface area (TPSA) is 120 Å². The summed E-state index contributed by atoms with van der Waals surface area (Å²) in [7, 11) is 1.65. The number of aryl methyl sites for hydroxylation is 2. The van der Waals surface area contributed by atoms with Gasteiger partial charge in [-0.15, -0.1) is 0 Å². The van der Waals surface area contributed by atoms with E-state index in [1.54, 1.807) is 46.9 Å². The van der Waals surface area contributed by atoms with Crippen molar-refractivity contribution in [2.24, 2.45) is 7.05 Å². The molecule has 0 saturated carbocycles. The quantitative estimate of drug-likeness (QED) is 0.760. The minimum atomic E-state index is -1.35. The van der Waals surface area contributed by atoms with Crippen LogP contribution in [0.3, 0.4) is 0 Å². The Bertz CT molecular complexity index is 1000. The average Bonchev–Trinajstić information content (AvgIpc) is 3.09. The van der Waals surface area contributed by atoms with Crippen LogP contribution in [0.5, 0.6) is 0 Å². The predicted molar refractivity (Wildman–Crippen MR) is 103 cm³/mol. The second kappa shape index (κ2) is 7.62. The zero-order valence-electron chi connectivity index (χ0n) is 17.3. The van der Waals surface area contributed by atoms with Crippen LogP contribution < -0.4 is 5.32 Å². The average molecular weight is 414 g/mol. The van der Waals surface area contributed by atoms with E-state index in [1.807, 2.05) is 0 Å². The molecule has 3 amide bonds. The Labute approximate surface area is 172 Å². The molecule has 2 heterocycles. The van der Waals surface area contributed by atoms with Gasteiger partial charge in [0.2, 0.25) is 0 Å². The summed E-state index contributed by atoms with van der Waals surface area (Å²) < 4.78 is 6.68. The maximum absolute atomic E-state index is 12.9. The van der Waals surface area contributed by atoms with E-state index >= 15 is 0 Å². The molecule has 10 nitrogen and oxygen atoms in total. The second-order valence-corrected chi connectivity index (χ2v) is 7.78. The number of carbonyl (C=O) groups is 4. The number of benzene rings is 1. The highest BCUT2D eigenvalue weighted by molar-refractivity contribution is 6.20. The maximum atomic E-state index is 12.9. The fourth-order valence-corrected chi connectivity index (χ4v) is 2.98. The van der Waals surface area contributed by atoms with Crippen molar-refractivity contribution in [1.29, 1.82) is 0 Å². The molecule has 0 spiro atoms. The molecular formula is C20H22N4O6. The Kier molecular flexibility index (Phi) is 5.34. The van der Waals surface area contributed by atoms with Gasteiger partial charge in [0, 0.05) is 18.8 Å². The van der Waals surface area contributed by atoms with Gasteiger partial charge in [0.25, 0.3) is 11.8 Å². The minimum Gasteiger partial charge on any atom is -0.444 e. The van der Waals surface area contributed by atoms with E-state index in [0.717, 1.165) is 0 Å². The van der Waals surface area contributed by atoms with Crippen LogP contribution in [-0.2, 0) is 21.4 Å². The van der Waals surface area contributed by atoms with Crippen molar-refractivity contribution in [2.75, 3.05) is 0 Å². The van der Waals surface area contributed by atoms with Gasteiger partial charge < -0.3 is 14.9 Å². The van der Waals surface area contributed by atoms with E-state index in [9.17, 15) is 19.2 Å². The summed E-state index contributed by atoms with van der Waals surface area (Å²) in [5, 5.41) is 6.98. The van der Waals surface area contributed by atoms with E-state index < -0.39 is 35.5 Å². The Morgan fingerprint density at radius 1 is 1.10 bits per heavy atom. The molecule has 1 aromatic heterocycles. The number of hydrogen-bond acceptors (Lipinski definition) is 7. The van der Waals surface area contributed by atoms with Gasteiger partial charge >= 0.3 is 12.1 Å². The molecule has 1 atom stereocenters. The molecule has 1 aliphatic rings. The Morgan fingerprint density at radius 3 is 2.13 bits per heavy atom. The third-order valence-electron chi connectivity index (χ3n) is 4.20. The summed E-state index contributed by atoms with van der Waals surface area (Å²) in [5.41, 5.74) is 0.252. The van der Waals surface area contributed by atoms with Gasteiger partial charge in [-0.05, 0) is 39.8 Å². The summed E-state index contributed by atoms with van der Waals surface area (Å²) in [6.45, 7) is 6.67. The zero-order chi connectivity index (χ0) is 22.2. The first-order valence-corrected chi connectivity index (χ1v) is 9.17. The van der Waals surface area contributed by atoms with E-state index in [0.29, 0.717) is 16.3 Å². The number of ether oxygens (including phenoxy) is 1. The third-order valence-corrected chi connectivity index (χ3v) is 4.20. The van der Waals surface area contributed by atoms with Crippen LogP contribution in [0.1, 0.15) is 58.8 Å². The van der Waals surface area contributed by atoms with E-state index in [-0.39, 0.29) is 11.1 Å². The lowest BCUT2D eigenvalue weighted by Gasteiger charge is -2.23. The molecular weight excluding hydrogens is 392 g/mol. The molecule has 0 saturated heterocycles. The van der Waals surface area contributed by atoms with Crippen LogP contribution in [0.2, 0.25) is 0 Å². The van der Waals surface area contributed by atoms with E-state index in [1.165, 1.54) is 23.0 Å². The highest BCUT2D eigenvalue weighted by Crippen LogP contribution is 2.25. The van der Waals surface area contributed by atoms with E-state index in [4.69, 9.17) is 9.57 Å². The van der Waals surface area contributed by atoms with Crippen LogP contribution in [0.15, 0.2) is 30.5 Å². The number of rotatable bonds is 4. The van der Waals surface area contributed by atoms with Crippen molar-refractivity contribution in [2.45, 2.75) is 39.3 Å². The summed E-state index contributed by atoms with van der Waals surface area (Å²) >= 11 is 0. The summed E-state index contributed by atoms with van der Waals surface area (Å²) in [5.74, 6) is -2.56. The second-order valence-electron chi connectivity index (χ2n) is 7.78. The predicted octanol–water partition coefficient (Wildman–Crippen LogP) is 2.05. The molecule has 1 N–H and O–H groups in total. The van der Waals surface area contributed by atoms with Crippen LogP contribution in [0.25, 0.3) is 0 Å². The molecule has 30 heavy (non-hydrogen) atoms. The highest BCUT2D eigenvalue weighted by atomic mass is 16.7. The van der Waals surface area contributed by atoms with Gasteiger partial charge in [0.1, 0.15) is 5.60 Å². The molecule has 2 aromatic rings. The number of imide groups is 1. The number of amides is 3.